The molecule has 5 aromatic rings. The summed E-state index contributed by atoms with van der Waals surface area (Å²) in [7, 11) is 0. The van der Waals surface area contributed by atoms with E-state index in [0.717, 1.165) is 27.9 Å². The van der Waals surface area contributed by atoms with Crippen LogP contribution >= 0.6 is 23.2 Å². The summed E-state index contributed by atoms with van der Waals surface area (Å²) in [5.41, 5.74) is 11.6. The Kier molecular flexibility index (Phi) is 10.1. The van der Waals surface area contributed by atoms with Crippen LogP contribution in [0.2, 0.25) is 0 Å². The van der Waals surface area contributed by atoms with Gasteiger partial charge in [-0.25, -0.2) is 19.4 Å². The van der Waals surface area contributed by atoms with Crippen LogP contribution in [0.25, 0.3) is 21.8 Å². The van der Waals surface area contributed by atoms with Crippen LogP contribution < -0.4 is 26.6 Å². The quantitative estimate of drug-likeness (QED) is 0.0517. The molecule has 0 saturated heterocycles. The van der Waals surface area contributed by atoms with Gasteiger partial charge in [0.2, 0.25) is 0 Å². The molecule has 4 aromatic carbocycles. The standard InChI is InChI=1S/C34H32Cl2N6O4/c1-20-9-10-23(39-34(45)38-22-11-13-24(14-12-22)42(17-15-35)18-16-36)19-28(20)40-30-25-6-3-5-21(2)29(25)41-31-26(30)7-4-8-27(31)32(43)46-33(37)44/h3-14,19H,15-18H2,1-2H3,(H2,37,44)(H,40,41)(H2,38,39,45). The number of nitrogens with one attached hydrogen (secondary N) is 3. The lowest BCUT2D eigenvalue weighted by Crippen LogP contribution is -2.27. The van der Waals surface area contributed by atoms with Crippen LogP contribution in [0.3, 0.4) is 0 Å². The Hall–Kier alpha value is -5.06. The number of primary amides is 1. The zero-order chi connectivity index (χ0) is 32.8. The SMILES string of the molecule is Cc1ccc(NC(=O)Nc2ccc(N(CCCl)CCCl)cc2)cc1Nc1c2cccc(C)c2nc2c(C(=O)OC(N)=O)cccc12. The highest BCUT2D eigenvalue weighted by atomic mass is 35.5. The third kappa shape index (κ3) is 7.25. The largest absolute Gasteiger partial charge is 0.412 e. The van der Waals surface area contributed by atoms with Crippen LogP contribution in [-0.4, -0.2) is 47.9 Å². The van der Waals surface area contributed by atoms with Gasteiger partial charge in [0, 0.05) is 58.4 Å². The summed E-state index contributed by atoms with van der Waals surface area (Å²) >= 11 is 11.9. The van der Waals surface area contributed by atoms with Crippen LogP contribution in [0, 0.1) is 13.8 Å². The molecule has 0 aliphatic rings. The number of aryl methyl sites for hydroxylation is 2. The number of amides is 3. The predicted molar refractivity (Wildman–Crippen MR) is 186 cm³/mol. The lowest BCUT2D eigenvalue weighted by Gasteiger charge is -2.23. The number of hydrogen-bond donors (Lipinski definition) is 4. The number of para-hydroxylation sites is 2. The number of hydrogen-bond acceptors (Lipinski definition) is 7. The Balaban J connectivity index is 1.43. The second-order valence-electron chi connectivity index (χ2n) is 10.5. The summed E-state index contributed by atoms with van der Waals surface area (Å²) in [6.45, 7) is 5.20. The number of urea groups is 1. The van der Waals surface area contributed by atoms with E-state index in [9.17, 15) is 14.4 Å². The normalized spacial score (nSPS) is 10.9. The number of nitrogens with two attached hydrogens (primary N) is 1. The van der Waals surface area contributed by atoms with E-state index in [2.05, 4.69) is 25.6 Å². The van der Waals surface area contributed by atoms with Gasteiger partial charge in [-0.3, -0.25) is 0 Å². The molecule has 5 N–H and O–H groups in total. The number of carbonyl (C=O) groups excluding carboxylic acids is 3. The van der Waals surface area contributed by atoms with Crippen molar-refractivity contribution in [2.45, 2.75) is 13.8 Å². The molecule has 12 heteroatoms. The van der Waals surface area contributed by atoms with Gasteiger partial charge in [0.15, 0.2) is 0 Å². The Morgan fingerprint density at radius 1 is 0.804 bits per heavy atom. The van der Waals surface area contributed by atoms with Crippen LogP contribution in [0.5, 0.6) is 0 Å². The molecule has 0 saturated carbocycles. The maximum atomic E-state index is 13.0. The number of nitrogens with zero attached hydrogens (tertiary/aromatic N) is 2. The number of esters is 1. The van der Waals surface area contributed by atoms with Crippen LogP contribution in [-0.2, 0) is 4.74 Å². The van der Waals surface area contributed by atoms with Gasteiger partial charge in [-0.05, 0) is 67.4 Å². The average Bonchev–Trinajstić information content (AvgIpc) is 3.02. The smallest absolute Gasteiger partial charge is 0.373 e. The monoisotopic (exact) mass is 658 g/mol. The van der Waals surface area contributed by atoms with Crippen LogP contribution in [0.15, 0.2) is 78.9 Å². The molecule has 46 heavy (non-hydrogen) atoms. The van der Waals surface area contributed by atoms with Crippen molar-refractivity contribution in [3.63, 3.8) is 0 Å². The summed E-state index contributed by atoms with van der Waals surface area (Å²) < 4.78 is 4.68. The van der Waals surface area contributed by atoms with Crippen LogP contribution in [0.4, 0.5) is 38.0 Å². The Bertz CT molecular complexity index is 1930. The first kappa shape index (κ1) is 32.3. The molecule has 0 aliphatic heterocycles. The topological polar surface area (TPSA) is 139 Å². The van der Waals surface area contributed by atoms with Gasteiger partial charge in [0.1, 0.15) is 0 Å². The lowest BCUT2D eigenvalue weighted by atomic mass is 10.0. The molecular weight excluding hydrogens is 627 g/mol. The maximum absolute atomic E-state index is 13.0. The van der Waals surface area contributed by atoms with E-state index in [-0.39, 0.29) is 5.56 Å². The van der Waals surface area contributed by atoms with Crippen molar-refractivity contribution < 1.29 is 19.1 Å². The van der Waals surface area contributed by atoms with Gasteiger partial charge in [0.25, 0.3) is 0 Å². The highest BCUT2D eigenvalue weighted by molar-refractivity contribution is 6.19. The van der Waals surface area contributed by atoms with Gasteiger partial charge >= 0.3 is 18.1 Å². The first-order chi connectivity index (χ1) is 22.2. The zero-order valence-electron chi connectivity index (χ0n) is 25.2. The summed E-state index contributed by atoms with van der Waals surface area (Å²) in [6.07, 6.45) is -1.20. The lowest BCUT2D eigenvalue weighted by molar-refractivity contribution is 0.0640. The number of alkyl halides is 2. The molecule has 0 spiro atoms. The number of pyridine rings is 1. The predicted octanol–water partition coefficient (Wildman–Crippen LogP) is 7.91. The van der Waals surface area contributed by atoms with E-state index in [1.165, 1.54) is 6.07 Å². The van der Waals surface area contributed by atoms with E-state index < -0.39 is 18.1 Å². The van der Waals surface area contributed by atoms with Gasteiger partial charge < -0.3 is 31.3 Å². The molecule has 0 bridgehead atoms. The molecule has 0 unspecified atom stereocenters. The number of rotatable bonds is 10. The first-order valence-corrected chi connectivity index (χ1v) is 15.5. The van der Waals surface area contributed by atoms with Gasteiger partial charge in [-0.1, -0.05) is 36.4 Å². The minimum atomic E-state index is -1.20. The van der Waals surface area contributed by atoms with Crippen molar-refractivity contribution in [1.29, 1.82) is 0 Å². The number of halogens is 2. The molecule has 0 aliphatic carbocycles. The highest BCUT2D eigenvalue weighted by Gasteiger charge is 2.20. The number of benzene rings is 4. The molecule has 10 nitrogen and oxygen atoms in total. The Morgan fingerprint density at radius 3 is 2.11 bits per heavy atom. The number of ether oxygens (including phenoxy) is 1. The summed E-state index contributed by atoms with van der Waals surface area (Å²) in [6, 6.07) is 23.4. The first-order valence-electron chi connectivity index (χ1n) is 14.4. The van der Waals surface area contributed by atoms with E-state index in [0.29, 0.717) is 58.3 Å². The molecule has 5 rings (SSSR count). The van der Waals surface area contributed by atoms with Crippen molar-refractivity contribution >= 4 is 91.5 Å². The molecule has 3 amide bonds. The maximum Gasteiger partial charge on any atom is 0.412 e. The molecule has 0 fully saturated rings. The average molecular weight is 660 g/mol. The Labute approximate surface area is 275 Å². The summed E-state index contributed by atoms with van der Waals surface area (Å²) in [5.74, 6) is 0.0643. The fourth-order valence-corrected chi connectivity index (χ4v) is 5.58. The molecular formula is C34H32Cl2N6O4. The molecule has 0 atom stereocenters. The number of aromatic nitrogens is 1. The van der Waals surface area contributed by atoms with E-state index in [4.69, 9.17) is 33.9 Å². The van der Waals surface area contributed by atoms with E-state index in [1.807, 2.05) is 80.6 Å². The summed E-state index contributed by atoms with van der Waals surface area (Å²) in [5, 5.41) is 10.7. The van der Waals surface area contributed by atoms with Gasteiger partial charge in [0.05, 0.1) is 22.3 Å². The van der Waals surface area contributed by atoms with Crippen molar-refractivity contribution in [3.8, 4) is 0 Å². The van der Waals surface area contributed by atoms with Gasteiger partial charge in [-0.15, -0.1) is 23.2 Å². The van der Waals surface area contributed by atoms with Gasteiger partial charge in [-0.2, -0.15) is 0 Å². The highest BCUT2D eigenvalue weighted by Crippen LogP contribution is 2.37. The fraction of sp³-hybridized carbons (Fsp3) is 0.176. The van der Waals surface area contributed by atoms with Crippen molar-refractivity contribution in [1.82, 2.24) is 4.98 Å². The number of fused-ring (bicyclic) bond motifs is 2. The Morgan fingerprint density at radius 2 is 1.43 bits per heavy atom. The van der Waals surface area contributed by atoms with Crippen molar-refractivity contribution in [3.05, 3.63) is 95.6 Å². The van der Waals surface area contributed by atoms with E-state index in [1.54, 1.807) is 6.07 Å². The molecule has 1 heterocycles. The molecule has 0 radical (unpaired) electrons. The van der Waals surface area contributed by atoms with Crippen molar-refractivity contribution in [2.75, 3.05) is 45.7 Å². The summed E-state index contributed by atoms with van der Waals surface area (Å²) in [4.78, 5) is 43.9. The van der Waals surface area contributed by atoms with Crippen LogP contribution in [0.1, 0.15) is 21.5 Å². The fourth-order valence-electron chi connectivity index (χ4n) is 5.17. The second kappa shape index (κ2) is 14.4. The number of anilines is 5. The van der Waals surface area contributed by atoms with E-state index >= 15 is 0 Å². The number of carbonyl (C=O) groups is 3. The molecule has 1 aromatic heterocycles. The van der Waals surface area contributed by atoms with Crippen molar-refractivity contribution in [2.24, 2.45) is 5.73 Å². The minimum Gasteiger partial charge on any atom is -0.373 e. The third-order valence-electron chi connectivity index (χ3n) is 7.40. The third-order valence-corrected chi connectivity index (χ3v) is 7.74. The molecule has 236 valence electrons. The second-order valence-corrected chi connectivity index (χ2v) is 11.3. The minimum absolute atomic E-state index is 0.104. The zero-order valence-corrected chi connectivity index (χ0v) is 26.7.